The second kappa shape index (κ2) is 6.44. The molecule has 3 rings (SSSR count). The molecule has 1 fully saturated rings. The van der Waals surface area contributed by atoms with Crippen molar-refractivity contribution in [3.8, 4) is 0 Å². The van der Waals surface area contributed by atoms with Crippen LogP contribution in [0.1, 0.15) is 31.2 Å². The molecule has 1 aliphatic rings. The van der Waals surface area contributed by atoms with Crippen LogP contribution in [0.5, 0.6) is 0 Å². The van der Waals surface area contributed by atoms with Crippen LogP contribution in [0.15, 0.2) is 30.6 Å². The van der Waals surface area contributed by atoms with Crippen LogP contribution in [0.4, 0.5) is 8.78 Å². The molecule has 0 aliphatic heterocycles. The van der Waals surface area contributed by atoms with Crippen LogP contribution < -0.4 is 5.32 Å². The number of hydrogen-bond acceptors (Lipinski definition) is 3. The average Bonchev–Trinajstić information content (AvgIpc) is 3.17. The number of carbonyl (C=O) groups is 1. The first-order valence-corrected chi connectivity index (χ1v) is 7.65. The number of halogens is 2. The van der Waals surface area contributed by atoms with Crippen LogP contribution >= 0.6 is 0 Å². The van der Waals surface area contributed by atoms with Gasteiger partial charge in [0, 0.05) is 24.2 Å². The number of hydrogen-bond donors (Lipinski definition) is 1. The van der Waals surface area contributed by atoms with Crippen molar-refractivity contribution in [3.63, 3.8) is 0 Å². The Morgan fingerprint density at radius 1 is 1.30 bits per heavy atom. The maximum Gasteiger partial charge on any atom is 0.241 e. The molecule has 2 aromatic rings. The highest BCUT2D eigenvalue weighted by molar-refractivity contribution is 5.75. The summed E-state index contributed by atoms with van der Waals surface area (Å²) in [4.78, 5) is 12.0. The summed E-state index contributed by atoms with van der Waals surface area (Å²) in [5.41, 5.74) is 0.0213. The Morgan fingerprint density at radius 2 is 2.09 bits per heavy atom. The minimum atomic E-state index is -0.588. The van der Waals surface area contributed by atoms with Gasteiger partial charge in [0.2, 0.25) is 5.91 Å². The summed E-state index contributed by atoms with van der Waals surface area (Å²) in [6.07, 6.45) is 6.59. The van der Waals surface area contributed by atoms with E-state index in [0.29, 0.717) is 12.1 Å². The van der Waals surface area contributed by atoms with Crippen LogP contribution in [0.3, 0.4) is 0 Å². The second-order valence-corrected chi connectivity index (χ2v) is 5.99. The van der Waals surface area contributed by atoms with Gasteiger partial charge in [-0.15, -0.1) is 5.10 Å². The zero-order valence-corrected chi connectivity index (χ0v) is 12.6. The maximum atomic E-state index is 14.2. The van der Waals surface area contributed by atoms with Gasteiger partial charge < -0.3 is 5.32 Å². The van der Waals surface area contributed by atoms with Crippen molar-refractivity contribution >= 4 is 5.91 Å². The summed E-state index contributed by atoms with van der Waals surface area (Å²) in [5.74, 6) is -1.34. The maximum absolute atomic E-state index is 14.2. The molecule has 1 aromatic heterocycles. The first-order chi connectivity index (χ1) is 11.1. The fourth-order valence-corrected chi connectivity index (χ4v) is 3.30. The summed E-state index contributed by atoms with van der Waals surface area (Å²) in [5, 5.41) is 10.2. The summed E-state index contributed by atoms with van der Waals surface area (Å²) < 4.78 is 28.8. The van der Waals surface area contributed by atoms with Crippen molar-refractivity contribution in [1.82, 2.24) is 20.3 Å². The SMILES string of the molecule is O=C(Cn1ccnn1)NCC1(c2ccc(F)cc2F)CCCC1. The molecule has 0 radical (unpaired) electrons. The topological polar surface area (TPSA) is 59.8 Å². The van der Waals surface area contributed by atoms with Gasteiger partial charge in [0.15, 0.2) is 0 Å². The lowest BCUT2D eigenvalue weighted by Gasteiger charge is -2.30. The van der Waals surface area contributed by atoms with Crippen molar-refractivity contribution < 1.29 is 13.6 Å². The minimum absolute atomic E-state index is 0.0714. The number of carbonyl (C=O) groups excluding carboxylic acids is 1. The van der Waals surface area contributed by atoms with E-state index in [1.54, 1.807) is 6.20 Å². The lowest BCUT2D eigenvalue weighted by molar-refractivity contribution is -0.122. The molecule has 0 unspecified atom stereocenters. The first kappa shape index (κ1) is 15.6. The van der Waals surface area contributed by atoms with Gasteiger partial charge in [-0.1, -0.05) is 24.1 Å². The van der Waals surface area contributed by atoms with Gasteiger partial charge >= 0.3 is 0 Å². The van der Waals surface area contributed by atoms with Gasteiger partial charge in [-0.2, -0.15) is 0 Å². The number of benzene rings is 1. The van der Waals surface area contributed by atoms with Gasteiger partial charge in [-0.3, -0.25) is 4.79 Å². The zero-order valence-electron chi connectivity index (χ0n) is 12.6. The van der Waals surface area contributed by atoms with Crippen LogP contribution in [-0.4, -0.2) is 27.4 Å². The van der Waals surface area contributed by atoms with Crippen LogP contribution in [-0.2, 0) is 16.8 Å². The molecule has 0 bridgehead atoms. The molecule has 1 aromatic carbocycles. The third-order valence-electron chi connectivity index (χ3n) is 4.46. The Balaban J connectivity index is 1.72. The van der Waals surface area contributed by atoms with Gasteiger partial charge in [0.25, 0.3) is 0 Å². The summed E-state index contributed by atoms with van der Waals surface area (Å²) in [7, 11) is 0. The molecule has 7 heteroatoms. The van der Waals surface area contributed by atoms with Crippen molar-refractivity contribution in [1.29, 1.82) is 0 Å². The largest absolute Gasteiger partial charge is 0.354 e. The van der Waals surface area contributed by atoms with Crippen LogP contribution in [0.25, 0.3) is 0 Å². The lowest BCUT2D eigenvalue weighted by atomic mass is 9.78. The average molecular weight is 320 g/mol. The molecular formula is C16H18F2N4O. The number of nitrogens with one attached hydrogen (secondary N) is 1. The lowest BCUT2D eigenvalue weighted by Crippen LogP contribution is -2.40. The van der Waals surface area contributed by atoms with E-state index in [4.69, 9.17) is 0 Å². The first-order valence-electron chi connectivity index (χ1n) is 7.65. The highest BCUT2D eigenvalue weighted by Gasteiger charge is 2.38. The van der Waals surface area contributed by atoms with Gasteiger partial charge in [0.1, 0.15) is 18.2 Å². The van der Waals surface area contributed by atoms with E-state index in [1.807, 2.05) is 0 Å². The van der Waals surface area contributed by atoms with Crippen molar-refractivity contribution in [2.75, 3.05) is 6.54 Å². The highest BCUT2D eigenvalue weighted by Crippen LogP contribution is 2.41. The van der Waals surface area contributed by atoms with Crippen LogP contribution in [0.2, 0.25) is 0 Å². The molecule has 1 saturated carbocycles. The second-order valence-electron chi connectivity index (χ2n) is 5.99. The quantitative estimate of drug-likeness (QED) is 0.918. The molecule has 1 heterocycles. The van der Waals surface area contributed by atoms with Gasteiger partial charge in [-0.25, -0.2) is 13.5 Å². The van der Waals surface area contributed by atoms with E-state index < -0.39 is 17.0 Å². The predicted octanol–water partition coefficient (Wildman–Crippen LogP) is 2.18. The molecule has 23 heavy (non-hydrogen) atoms. The predicted molar refractivity (Wildman–Crippen MR) is 79.5 cm³/mol. The van der Waals surface area contributed by atoms with Crippen LogP contribution in [0, 0.1) is 11.6 Å². The molecule has 1 N–H and O–H groups in total. The normalized spacial score (nSPS) is 16.4. The number of rotatable bonds is 5. The number of amides is 1. The van der Waals surface area contributed by atoms with Gasteiger partial charge in [-0.05, 0) is 24.5 Å². The fraction of sp³-hybridized carbons (Fsp3) is 0.438. The Labute approximate surface area is 132 Å². The number of aromatic nitrogens is 3. The summed E-state index contributed by atoms with van der Waals surface area (Å²) in [6.45, 7) is 0.408. The molecule has 0 saturated heterocycles. The molecule has 1 aliphatic carbocycles. The van der Waals surface area contributed by atoms with E-state index in [0.717, 1.165) is 31.7 Å². The van der Waals surface area contributed by atoms with Gasteiger partial charge in [0.05, 0.1) is 6.20 Å². The molecular weight excluding hydrogens is 302 g/mol. The standard InChI is InChI=1S/C16H18F2N4O/c17-12-3-4-13(14(18)9-12)16(5-1-2-6-16)11-19-15(23)10-22-8-7-20-21-22/h3-4,7-9H,1-2,5-6,10-11H2,(H,19,23). The monoisotopic (exact) mass is 320 g/mol. The highest BCUT2D eigenvalue weighted by atomic mass is 19.1. The Morgan fingerprint density at radius 3 is 2.74 bits per heavy atom. The fourth-order valence-electron chi connectivity index (χ4n) is 3.30. The van der Waals surface area contributed by atoms with E-state index in [1.165, 1.54) is 23.0 Å². The molecule has 5 nitrogen and oxygen atoms in total. The van der Waals surface area contributed by atoms with E-state index in [-0.39, 0.29) is 12.5 Å². The summed E-state index contributed by atoms with van der Waals surface area (Å²) >= 11 is 0. The minimum Gasteiger partial charge on any atom is -0.354 e. The molecule has 0 atom stereocenters. The van der Waals surface area contributed by atoms with Crippen molar-refractivity contribution in [2.45, 2.75) is 37.6 Å². The Hall–Kier alpha value is -2.31. The molecule has 122 valence electrons. The summed E-state index contributed by atoms with van der Waals surface area (Å²) in [6, 6.07) is 3.68. The van der Waals surface area contributed by atoms with E-state index in [2.05, 4.69) is 15.6 Å². The molecule has 1 amide bonds. The Kier molecular flexibility index (Phi) is 4.36. The Bertz CT molecular complexity index is 681. The third kappa shape index (κ3) is 3.38. The van der Waals surface area contributed by atoms with Crippen molar-refractivity contribution in [2.24, 2.45) is 0 Å². The smallest absolute Gasteiger partial charge is 0.241 e. The molecule has 0 spiro atoms. The van der Waals surface area contributed by atoms with Crippen molar-refractivity contribution in [3.05, 3.63) is 47.8 Å². The third-order valence-corrected chi connectivity index (χ3v) is 4.46. The zero-order chi connectivity index (χ0) is 16.3. The van der Waals surface area contributed by atoms with E-state index in [9.17, 15) is 13.6 Å². The number of nitrogens with zero attached hydrogens (tertiary/aromatic N) is 3. The van der Waals surface area contributed by atoms with E-state index >= 15 is 0 Å².